The van der Waals surface area contributed by atoms with E-state index in [0.717, 1.165) is 23.1 Å². The molecule has 0 bridgehead atoms. The van der Waals surface area contributed by atoms with Crippen molar-refractivity contribution >= 4 is 17.0 Å². The number of hydrogen-bond donors (Lipinski definition) is 2. The molecule has 0 saturated carbocycles. The third-order valence-corrected chi connectivity index (χ3v) is 2.65. The van der Waals surface area contributed by atoms with Gasteiger partial charge in [-0.05, 0) is 31.2 Å². The molecule has 1 heterocycles. The monoisotopic (exact) mass is 233 g/mol. The predicted octanol–water partition coefficient (Wildman–Crippen LogP) is 1.37. The van der Waals surface area contributed by atoms with Crippen LogP contribution in [-0.2, 0) is 6.54 Å². The van der Waals surface area contributed by atoms with Crippen LogP contribution in [0.5, 0.6) is 5.75 Å². The summed E-state index contributed by atoms with van der Waals surface area (Å²) in [7, 11) is 0. The molecular formula is C12H15N3O2. The number of aromatic nitrogens is 1. The number of benzene rings is 1. The normalized spacial score (nSPS) is 10.7. The Bertz CT molecular complexity index is 560. The molecule has 0 saturated heterocycles. The van der Waals surface area contributed by atoms with Crippen molar-refractivity contribution in [2.75, 3.05) is 6.54 Å². The number of nitrogens with zero attached hydrogens (tertiary/aromatic N) is 1. The number of carbonyl (C=O) groups excluding carboxylic acids is 1. The Kier molecular flexibility index (Phi) is 3.01. The minimum atomic E-state index is -0.803. The fourth-order valence-corrected chi connectivity index (χ4v) is 1.99. The van der Waals surface area contributed by atoms with E-state index in [4.69, 9.17) is 16.2 Å². The van der Waals surface area contributed by atoms with E-state index < -0.39 is 6.09 Å². The van der Waals surface area contributed by atoms with Crippen molar-refractivity contribution in [3.63, 3.8) is 0 Å². The van der Waals surface area contributed by atoms with Crippen LogP contribution in [0.1, 0.15) is 5.69 Å². The highest BCUT2D eigenvalue weighted by Crippen LogP contribution is 2.24. The van der Waals surface area contributed by atoms with Crippen LogP contribution in [0.4, 0.5) is 4.79 Å². The number of amides is 1. The number of hydrogen-bond acceptors (Lipinski definition) is 3. The van der Waals surface area contributed by atoms with E-state index in [2.05, 4.69) is 4.57 Å². The van der Waals surface area contributed by atoms with Gasteiger partial charge in [-0.3, -0.25) is 0 Å². The topological polar surface area (TPSA) is 83.3 Å². The molecule has 2 aromatic rings. The summed E-state index contributed by atoms with van der Waals surface area (Å²) in [5.41, 5.74) is 12.7. The molecule has 1 aromatic heterocycles. The van der Waals surface area contributed by atoms with Crippen molar-refractivity contribution in [1.29, 1.82) is 0 Å². The van der Waals surface area contributed by atoms with Gasteiger partial charge in [0.15, 0.2) is 0 Å². The van der Waals surface area contributed by atoms with E-state index in [1.807, 2.05) is 19.1 Å². The van der Waals surface area contributed by atoms with Gasteiger partial charge >= 0.3 is 6.09 Å². The average molecular weight is 233 g/mol. The maximum Gasteiger partial charge on any atom is 0.409 e. The van der Waals surface area contributed by atoms with Crippen LogP contribution in [0.2, 0.25) is 0 Å². The molecule has 90 valence electrons. The molecule has 0 atom stereocenters. The molecule has 5 nitrogen and oxygen atoms in total. The molecular weight excluding hydrogens is 218 g/mol. The maximum absolute atomic E-state index is 10.7. The van der Waals surface area contributed by atoms with Crippen LogP contribution in [0.25, 0.3) is 10.9 Å². The Labute approximate surface area is 98.9 Å². The average Bonchev–Trinajstić information content (AvgIpc) is 2.54. The SMILES string of the molecule is Cc1cc2cc(OC(N)=O)ccc2n1CCN. The van der Waals surface area contributed by atoms with Crippen LogP contribution in [0.15, 0.2) is 24.3 Å². The third-order valence-electron chi connectivity index (χ3n) is 2.65. The molecule has 0 radical (unpaired) electrons. The summed E-state index contributed by atoms with van der Waals surface area (Å²) in [6.07, 6.45) is -0.803. The van der Waals surface area contributed by atoms with Gasteiger partial charge in [0.1, 0.15) is 5.75 Å². The zero-order valence-corrected chi connectivity index (χ0v) is 9.64. The quantitative estimate of drug-likeness (QED) is 0.839. The number of rotatable bonds is 3. The summed E-state index contributed by atoms with van der Waals surface area (Å²) >= 11 is 0. The number of primary amides is 1. The second kappa shape index (κ2) is 4.47. The molecule has 1 aromatic carbocycles. The minimum absolute atomic E-state index is 0.454. The number of ether oxygens (including phenoxy) is 1. The van der Waals surface area contributed by atoms with Gasteiger partial charge in [-0.2, -0.15) is 0 Å². The lowest BCUT2D eigenvalue weighted by Gasteiger charge is -2.06. The first-order valence-electron chi connectivity index (χ1n) is 5.39. The Morgan fingerprint density at radius 2 is 2.18 bits per heavy atom. The van der Waals surface area contributed by atoms with Gasteiger partial charge in [-0.15, -0.1) is 0 Å². The van der Waals surface area contributed by atoms with Gasteiger partial charge in [0, 0.05) is 29.7 Å². The summed E-state index contributed by atoms with van der Waals surface area (Å²) in [5.74, 6) is 0.454. The smallest absolute Gasteiger partial charge is 0.409 e. The number of carbonyl (C=O) groups is 1. The van der Waals surface area contributed by atoms with Gasteiger partial charge in [-0.25, -0.2) is 4.79 Å². The lowest BCUT2D eigenvalue weighted by atomic mass is 10.2. The fraction of sp³-hybridized carbons (Fsp3) is 0.250. The highest BCUT2D eigenvalue weighted by Gasteiger charge is 2.07. The molecule has 4 N–H and O–H groups in total. The number of aryl methyl sites for hydroxylation is 1. The van der Waals surface area contributed by atoms with Gasteiger partial charge < -0.3 is 20.8 Å². The highest BCUT2D eigenvalue weighted by atomic mass is 16.5. The van der Waals surface area contributed by atoms with Gasteiger partial charge in [0.2, 0.25) is 0 Å². The lowest BCUT2D eigenvalue weighted by molar-refractivity contribution is 0.211. The molecule has 5 heteroatoms. The molecule has 0 unspecified atom stereocenters. The summed E-state index contributed by atoms with van der Waals surface area (Å²) < 4.78 is 6.96. The third kappa shape index (κ3) is 2.24. The van der Waals surface area contributed by atoms with Crippen molar-refractivity contribution in [3.8, 4) is 5.75 Å². The van der Waals surface area contributed by atoms with E-state index in [0.29, 0.717) is 12.3 Å². The minimum Gasteiger partial charge on any atom is -0.410 e. The van der Waals surface area contributed by atoms with Crippen LogP contribution >= 0.6 is 0 Å². The van der Waals surface area contributed by atoms with Crippen molar-refractivity contribution in [1.82, 2.24) is 4.57 Å². The Balaban J connectivity index is 2.46. The zero-order valence-electron chi connectivity index (χ0n) is 9.64. The molecule has 0 fully saturated rings. The van der Waals surface area contributed by atoms with E-state index in [-0.39, 0.29) is 0 Å². The second-order valence-electron chi connectivity index (χ2n) is 3.87. The Morgan fingerprint density at radius 1 is 1.41 bits per heavy atom. The summed E-state index contributed by atoms with van der Waals surface area (Å²) in [5, 5.41) is 1.01. The zero-order chi connectivity index (χ0) is 12.4. The van der Waals surface area contributed by atoms with Crippen LogP contribution in [0, 0.1) is 6.92 Å². The van der Waals surface area contributed by atoms with Gasteiger partial charge in [-0.1, -0.05) is 0 Å². The first-order valence-corrected chi connectivity index (χ1v) is 5.39. The van der Waals surface area contributed by atoms with Crippen molar-refractivity contribution in [2.24, 2.45) is 11.5 Å². The number of fused-ring (bicyclic) bond motifs is 1. The van der Waals surface area contributed by atoms with Crippen molar-refractivity contribution in [2.45, 2.75) is 13.5 Å². The summed E-state index contributed by atoms with van der Waals surface area (Å²) in [6, 6.07) is 7.44. The first-order chi connectivity index (χ1) is 8.11. The largest absolute Gasteiger partial charge is 0.410 e. The van der Waals surface area contributed by atoms with Gasteiger partial charge in [0.25, 0.3) is 0 Å². The summed E-state index contributed by atoms with van der Waals surface area (Å²) in [4.78, 5) is 10.7. The van der Waals surface area contributed by atoms with Crippen molar-refractivity contribution in [3.05, 3.63) is 30.0 Å². The molecule has 0 spiro atoms. The van der Waals surface area contributed by atoms with Crippen molar-refractivity contribution < 1.29 is 9.53 Å². The first kappa shape index (κ1) is 11.5. The van der Waals surface area contributed by atoms with E-state index in [1.54, 1.807) is 12.1 Å². The Morgan fingerprint density at radius 3 is 2.82 bits per heavy atom. The summed E-state index contributed by atoms with van der Waals surface area (Å²) in [6.45, 7) is 3.37. The molecule has 0 aliphatic heterocycles. The molecule has 1 amide bonds. The van der Waals surface area contributed by atoms with Crippen LogP contribution in [-0.4, -0.2) is 17.2 Å². The fourth-order valence-electron chi connectivity index (χ4n) is 1.99. The van der Waals surface area contributed by atoms with E-state index >= 15 is 0 Å². The van der Waals surface area contributed by atoms with E-state index in [9.17, 15) is 4.79 Å². The standard InChI is InChI=1S/C12H15N3O2/c1-8-6-9-7-10(17-12(14)16)2-3-11(9)15(8)5-4-13/h2-3,6-7H,4-5,13H2,1H3,(H2,14,16). The second-order valence-corrected chi connectivity index (χ2v) is 3.87. The van der Waals surface area contributed by atoms with Gasteiger partial charge in [0.05, 0.1) is 0 Å². The number of nitrogens with two attached hydrogens (primary N) is 2. The molecule has 17 heavy (non-hydrogen) atoms. The van der Waals surface area contributed by atoms with Crippen LogP contribution < -0.4 is 16.2 Å². The molecule has 0 aliphatic rings. The van der Waals surface area contributed by atoms with E-state index in [1.165, 1.54) is 0 Å². The van der Waals surface area contributed by atoms with Crippen LogP contribution in [0.3, 0.4) is 0 Å². The lowest BCUT2D eigenvalue weighted by Crippen LogP contribution is -2.16. The molecule has 0 aliphatic carbocycles. The highest BCUT2D eigenvalue weighted by molar-refractivity contribution is 5.83. The Hall–Kier alpha value is -2.01. The maximum atomic E-state index is 10.7. The molecule has 2 rings (SSSR count). The predicted molar refractivity (Wildman–Crippen MR) is 65.9 cm³/mol.